The normalized spacial score (nSPS) is 16.6. The van der Waals surface area contributed by atoms with E-state index in [4.69, 9.17) is 46.4 Å². The number of hydrogen-bond acceptors (Lipinski definition) is 8. The second-order valence-corrected chi connectivity index (χ2v) is 18.7. The van der Waals surface area contributed by atoms with Gasteiger partial charge in [-0.2, -0.15) is 0 Å². The van der Waals surface area contributed by atoms with Gasteiger partial charge in [-0.3, -0.25) is 0 Å². The van der Waals surface area contributed by atoms with Crippen LogP contribution in [0.1, 0.15) is 51.4 Å². The van der Waals surface area contributed by atoms with E-state index in [-0.39, 0.29) is 0 Å². The van der Waals surface area contributed by atoms with Crippen molar-refractivity contribution in [2.75, 3.05) is 46.5 Å². The third-order valence-corrected chi connectivity index (χ3v) is 17.3. The highest BCUT2D eigenvalue weighted by atomic mass is 35.5. The molecule has 0 fully saturated rings. The van der Waals surface area contributed by atoms with Crippen molar-refractivity contribution in [3.8, 4) is 0 Å². The molecule has 2 aliphatic heterocycles. The van der Waals surface area contributed by atoms with Crippen LogP contribution < -0.4 is 0 Å². The summed E-state index contributed by atoms with van der Waals surface area (Å²) in [5.41, 5.74) is 0. The predicted molar refractivity (Wildman–Crippen MR) is 181 cm³/mol. The number of rotatable bonds is 20. The van der Waals surface area contributed by atoms with E-state index in [2.05, 4.69) is 0 Å². The summed E-state index contributed by atoms with van der Waals surface area (Å²) in [5.74, 6) is 7.60. The van der Waals surface area contributed by atoms with Crippen LogP contribution in [0.15, 0.2) is 25.4 Å². The second kappa shape index (κ2) is 21.9. The number of thioether (sulfide) groups is 8. The van der Waals surface area contributed by atoms with E-state index in [1.165, 1.54) is 51.1 Å². The Labute approximate surface area is 261 Å². The van der Waals surface area contributed by atoms with E-state index >= 15 is 0 Å². The van der Waals surface area contributed by atoms with Crippen molar-refractivity contribution in [2.24, 2.45) is 0 Å². The lowest BCUT2D eigenvalue weighted by Crippen LogP contribution is -1.83. The van der Waals surface area contributed by atoms with Crippen LogP contribution in [0.3, 0.4) is 0 Å². The lowest BCUT2D eigenvalue weighted by Gasteiger charge is -2.04. The van der Waals surface area contributed by atoms with E-state index in [0.29, 0.717) is 0 Å². The minimum Gasteiger partial charge on any atom is -0.127 e. The Kier molecular flexibility index (Phi) is 21.5. The maximum atomic E-state index is 5.89. The van der Waals surface area contributed by atoms with Gasteiger partial charge in [0.2, 0.25) is 0 Å². The third kappa shape index (κ3) is 13.5. The van der Waals surface area contributed by atoms with Crippen LogP contribution in [0, 0.1) is 0 Å². The van der Waals surface area contributed by atoms with Gasteiger partial charge in [0.25, 0.3) is 0 Å². The summed E-state index contributed by atoms with van der Waals surface area (Å²) in [6.45, 7) is 0. The Hall–Kier alpha value is 3.18. The summed E-state index contributed by atoms with van der Waals surface area (Å²) in [6, 6.07) is 0. The molecule has 2 rings (SSSR count). The summed E-state index contributed by atoms with van der Waals surface area (Å²) in [4.78, 5) is 0. The van der Waals surface area contributed by atoms with E-state index in [1.54, 1.807) is 0 Å². The average Bonchev–Trinajstić information content (AvgIpc) is 3.44. The van der Waals surface area contributed by atoms with Crippen LogP contribution in [0.25, 0.3) is 0 Å². The molecule has 0 bridgehead atoms. The standard InChI is InChI=1S/C22H32Cl4S8/c23-9-1-5-13-27-17-18(28-14-6-2-10-24)32-21(31-17)22-33-19(29-15-7-3-11-25)20(34-22)30-16-8-4-12-26/h1-16H2. The molecular weight excluding hydrogens is 663 g/mol. The van der Waals surface area contributed by atoms with Gasteiger partial charge in [-0.15, -0.1) is 93.5 Å². The van der Waals surface area contributed by atoms with Crippen molar-refractivity contribution in [3.63, 3.8) is 0 Å². The van der Waals surface area contributed by atoms with E-state index in [9.17, 15) is 0 Å². The van der Waals surface area contributed by atoms with Crippen LogP contribution in [0.5, 0.6) is 0 Å². The maximum absolute atomic E-state index is 5.89. The molecule has 12 heteroatoms. The van der Waals surface area contributed by atoms with Crippen LogP contribution in [-0.4, -0.2) is 46.5 Å². The summed E-state index contributed by atoms with van der Waals surface area (Å²) < 4.78 is 8.87. The molecule has 0 radical (unpaired) electrons. The molecule has 0 spiro atoms. The number of unbranched alkanes of at least 4 members (excludes halogenated alkanes) is 4. The molecular formula is C22H32Cl4S8. The second-order valence-electron chi connectivity index (χ2n) is 7.11. The highest BCUT2D eigenvalue weighted by Gasteiger charge is 2.30. The molecule has 34 heavy (non-hydrogen) atoms. The monoisotopic (exact) mass is 692 g/mol. The zero-order valence-electron chi connectivity index (χ0n) is 19.1. The third-order valence-electron chi connectivity index (χ3n) is 4.29. The zero-order chi connectivity index (χ0) is 24.4. The predicted octanol–water partition coefficient (Wildman–Crippen LogP) is 12.3. The van der Waals surface area contributed by atoms with Crippen LogP contribution >= 0.6 is 140 Å². The molecule has 0 amide bonds. The van der Waals surface area contributed by atoms with Crippen molar-refractivity contribution >= 4 is 140 Å². The van der Waals surface area contributed by atoms with Crippen molar-refractivity contribution in [2.45, 2.75) is 51.4 Å². The van der Waals surface area contributed by atoms with Gasteiger partial charge < -0.3 is 0 Å². The fourth-order valence-electron chi connectivity index (χ4n) is 2.51. The minimum absolute atomic E-state index is 0.756. The molecule has 0 atom stereocenters. The van der Waals surface area contributed by atoms with Crippen molar-refractivity contribution in [1.82, 2.24) is 0 Å². The Morgan fingerprint density at radius 3 is 0.824 bits per heavy atom. The van der Waals surface area contributed by atoms with Gasteiger partial charge in [0.05, 0.1) is 25.4 Å². The van der Waals surface area contributed by atoms with Gasteiger partial charge in [-0.05, 0) is 74.4 Å². The highest BCUT2D eigenvalue weighted by Crippen LogP contribution is 2.66. The number of halogens is 4. The van der Waals surface area contributed by atoms with Gasteiger partial charge in [0, 0.05) is 23.5 Å². The SMILES string of the molecule is ClCCCCSC1=C(SCCCCCl)SC(=C2SC(SCCCCCl)=C(SCCCCCl)S2)S1. The lowest BCUT2D eigenvalue weighted by molar-refractivity contribution is 0.904. The molecule has 196 valence electrons. The Morgan fingerprint density at radius 2 is 0.618 bits per heavy atom. The summed E-state index contributed by atoms with van der Waals surface area (Å²) in [7, 11) is 0. The van der Waals surface area contributed by atoms with Gasteiger partial charge in [-0.25, -0.2) is 0 Å². The van der Waals surface area contributed by atoms with Crippen LogP contribution in [0.2, 0.25) is 0 Å². The molecule has 2 heterocycles. The molecule has 0 saturated heterocycles. The molecule has 0 aliphatic carbocycles. The first-order valence-corrected chi connectivity index (χ1v) is 20.8. The quantitative estimate of drug-likeness (QED) is 0.0901. The van der Waals surface area contributed by atoms with E-state index in [0.717, 1.165) is 72.2 Å². The minimum atomic E-state index is 0.756. The van der Waals surface area contributed by atoms with Crippen molar-refractivity contribution in [3.05, 3.63) is 25.4 Å². The van der Waals surface area contributed by atoms with Crippen molar-refractivity contribution in [1.29, 1.82) is 0 Å². The summed E-state index contributed by atoms with van der Waals surface area (Å²) >= 11 is 39.6. The number of hydrogen-bond donors (Lipinski definition) is 0. The summed E-state index contributed by atoms with van der Waals surface area (Å²) in [6.07, 6.45) is 9.08. The molecule has 0 saturated carbocycles. The van der Waals surface area contributed by atoms with Gasteiger partial charge in [0.1, 0.15) is 0 Å². The van der Waals surface area contributed by atoms with Crippen molar-refractivity contribution < 1.29 is 0 Å². The summed E-state index contributed by atoms with van der Waals surface area (Å²) in [5, 5.41) is 0. The van der Waals surface area contributed by atoms with E-state index < -0.39 is 0 Å². The first-order chi connectivity index (χ1) is 16.7. The number of alkyl halides is 4. The lowest BCUT2D eigenvalue weighted by atomic mass is 10.4. The van der Waals surface area contributed by atoms with Gasteiger partial charge in [-0.1, -0.05) is 47.0 Å². The highest BCUT2D eigenvalue weighted by molar-refractivity contribution is 8.45. The van der Waals surface area contributed by atoms with E-state index in [1.807, 2.05) is 94.1 Å². The zero-order valence-corrected chi connectivity index (χ0v) is 28.6. The fourth-order valence-corrected chi connectivity index (χ4v) is 15.5. The average molecular weight is 695 g/mol. The molecule has 0 N–H and O–H groups in total. The first kappa shape index (κ1) is 33.4. The smallest absolute Gasteiger partial charge is 0.0717 e. The molecule has 0 nitrogen and oxygen atoms in total. The van der Waals surface area contributed by atoms with Gasteiger partial charge in [0.15, 0.2) is 0 Å². The molecule has 0 unspecified atom stereocenters. The van der Waals surface area contributed by atoms with Crippen LogP contribution in [-0.2, 0) is 0 Å². The first-order valence-electron chi connectivity index (χ1n) is 11.4. The molecule has 0 aromatic rings. The molecule has 2 aliphatic rings. The Bertz CT molecular complexity index is 576. The van der Waals surface area contributed by atoms with Crippen LogP contribution in [0.4, 0.5) is 0 Å². The largest absolute Gasteiger partial charge is 0.127 e. The maximum Gasteiger partial charge on any atom is 0.0717 e. The fraction of sp³-hybridized carbons (Fsp3) is 0.727. The molecule has 0 aromatic carbocycles. The Morgan fingerprint density at radius 1 is 0.382 bits per heavy atom. The van der Waals surface area contributed by atoms with Gasteiger partial charge >= 0.3 is 0 Å². The Balaban J connectivity index is 2.02. The topological polar surface area (TPSA) is 0 Å². The molecule has 0 aromatic heterocycles.